The number of nitrogens with zero attached hydrogens (tertiary/aromatic N) is 3. The number of aromatic nitrogens is 1. The molecule has 2 N–H and O–H groups in total. The van der Waals surface area contributed by atoms with E-state index in [-0.39, 0.29) is 11.8 Å². The molecular formula is C28H31N5O. The van der Waals surface area contributed by atoms with Crippen LogP contribution in [-0.2, 0) is 4.79 Å². The third kappa shape index (κ3) is 5.81. The molecule has 4 rings (SSSR count). The quantitative estimate of drug-likeness (QED) is 0.508. The summed E-state index contributed by atoms with van der Waals surface area (Å²) in [6, 6.07) is 22.8. The molecule has 6 heteroatoms. The molecule has 0 saturated carbocycles. The molecule has 6 nitrogen and oxygen atoms in total. The van der Waals surface area contributed by atoms with Crippen LogP contribution in [-0.4, -0.2) is 30.5 Å². The number of amides is 1. The molecule has 2 aromatic carbocycles. The highest BCUT2D eigenvalue weighted by atomic mass is 16.2. The van der Waals surface area contributed by atoms with E-state index in [9.17, 15) is 4.79 Å². The van der Waals surface area contributed by atoms with Gasteiger partial charge in [-0.15, -0.1) is 0 Å². The lowest BCUT2D eigenvalue weighted by Gasteiger charge is -2.22. The van der Waals surface area contributed by atoms with Crippen molar-refractivity contribution in [1.29, 1.82) is 5.26 Å². The number of nitrogens with one attached hydrogen (secondary N) is 2. The van der Waals surface area contributed by atoms with Gasteiger partial charge in [0, 0.05) is 19.6 Å². The molecular weight excluding hydrogens is 422 g/mol. The molecule has 0 spiro atoms. The maximum atomic E-state index is 13.3. The number of rotatable bonds is 8. The van der Waals surface area contributed by atoms with Crippen molar-refractivity contribution in [3.05, 3.63) is 89.6 Å². The fourth-order valence-electron chi connectivity index (χ4n) is 4.32. The Balaban J connectivity index is 1.43. The summed E-state index contributed by atoms with van der Waals surface area (Å²) < 4.78 is 0. The van der Waals surface area contributed by atoms with Gasteiger partial charge in [0.25, 0.3) is 0 Å². The van der Waals surface area contributed by atoms with E-state index >= 15 is 0 Å². The van der Waals surface area contributed by atoms with Gasteiger partial charge in [-0.3, -0.25) is 4.79 Å². The molecule has 0 aliphatic carbocycles. The van der Waals surface area contributed by atoms with Crippen molar-refractivity contribution in [3.63, 3.8) is 0 Å². The third-order valence-electron chi connectivity index (χ3n) is 6.42. The Kier molecular flexibility index (Phi) is 7.56. The highest BCUT2D eigenvalue weighted by molar-refractivity contribution is 5.94. The minimum absolute atomic E-state index is 0.145. The third-order valence-corrected chi connectivity index (χ3v) is 6.42. The van der Waals surface area contributed by atoms with Crippen LogP contribution in [0.2, 0.25) is 0 Å². The lowest BCUT2D eigenvalue weighted by atomic mass is 9.98. The molecule has 1 saturated heterocycles. The number of hydrogen-bond donors (Lipinski definition) is 2. The zero-order valence-corrected chi connectivity index (χ0v) is 19.7. The maximum Gasteiger partial charge on any atom is 0.247 e. The summed E-state index contributed by atoms with van der Waals surface area (Å²) in [5.74, 6) is 1.27. The van der Waals surface area contributed by atoms with Gasteiger partial charge >= 0.3 is 0 Å². The summed E-state index contributed by atoms with van der Waals surface area (Å²) in [5, 5.41) is 15.4. The van der Waals surface area contributed by atoms with Crippen LogP contribution >= 0.6 is 0 Å². The number of carbonyl (C=O) groups is 1. The molecule has 1 aliphatic rings. The molecule has 174 valence electrons. The molecule has 0 radical (unpaired) electrons. The van der Waals surface area contributed by atoms with Crippen LogP contribution in [0.3, 0.4) is 0 Å². The van der Waals surface area contributed by atoms with Gasteiger partial charge in [-0.2, -0.15) is 5.26 Å². The maximum absolute atomic E-state index is 13.3. The van der Waals surface area contributed by atoms with E-state index < -0.39 is 6.04 Å². The Bertz CT molecular complexity index is 1120. The Hall–Kier alpha value is -3.69. The summed E-state index contributed by atoms with van der Waals surface area (Å²) in [4.78, 5) is 20.1. The smallest absolute Gasteiger partial charge is 0.247 e. The second-order valence-electron chi connectivity index (χ2n) is 9.12. The first-order valence-corrected chi connectivity index (χ1v) is 11.8. The van der Waals surface area contributed by atoms with Gasteiger partial charge in [0.15, 0.2) is 0 Å². The van der Waals surface area contributed by atoms with Crippen LogP contribution in [0.4, 0.5) is 11.5 Å². The van der Waals surface area contributed by atoms with Gasteiger partial charge in [-0.1, -0.05) is 56.3 Å². The number of pyridine rings is 1. The van der Waals surface area contributed by atoms with Gasteiger partial charge in [0.1, 0.15) is 11.9 Å². The molecule has 34 heavy (non-hydrogen) atoms. The van der Waals surface area contributed by atoms with Crippen molar-refractivity contribution in [2.24, 2.45) is 5.92 Å². The monoisotopic (exact) mass is 453 g/mol. The molecule has 3 aromatic rings. The van der Waals surface area contributed by atoms with Crippen LogP contribution in [0.5, 0.6) is 0 Å². The lowest BCUT2D eigenvalue weighted by Crippen LogP contribution is -2.35. The van der Waals surface area contributed by atoms with E-state index in [2.05, 4.69) is 40.4 Å². The van der Waals surface area contributed by atoms with Crippen LogP contribution in [0.25, 0.3) is 0 Å². The minimum Gasteiger partial charge on any atom is -0.370 e. The normalized spacial score (nSPS) is 17.1. The topological polar surface area (TPSA) is 81.1 Å². The van der Waals surface area contributed by atoms with Gasteiger partial charge in [0.2, 0.25) is 5.91 Å². The standard InChI is InChI=1S/C28H31N5O/c1-20-14-15-33(19-20)25-12-13-26(30-18-25)32-28(34)27(24-6-4-3-5-7-24)31-17-21(2)23-10-8-22(16-29)9-11-23/h3-13,18,20-21,27,31H,14-15,17,19H2,1-2H3,(H,30,32,34)/t20-,21?,27?/m0/s1. The predicted octanol–water partition coefficient (Wildman–Crippen LogP) is 4.87. The molecule has 1 fully saturated rings. The summed E-state index contributed by atoms with van der Waals surface area (Å²) >= 11 is 0. The SMILES string of the molecule is CC(CNC(C(=O)Nc1ccc(N2CC[C@H](C)C2)cn1)c1ccccc1)c1ccc(C#N)cc1. The number of carbonyl (C=O) groups excluding carboxylic acids is 1. The van der Waals surface area contributed by atoms with E-state index in [1.807, 2.05) is 72.9 Å². The Morgan fingerprint density at radius 2 is 1.88 bits per heavy atom. The van der Waals surface area contributed by atoms with Crippen LogP contribution < -0.4 is 15.5 Å². The van der Waals surface area contributed by atoms with E-state index in [0.717, 1.165) is 29.9 Å². The molecule has 1 aliphatic heterocycles. The predicted molar refractivity (Wildman–Crippen MR) is 136 cm³/mol. The van der Waals surface area contributed by atoms with E-state index in [4.69, 9.17) is 5.26 Å². The summed E-state index contributed by atoms with van der Waals surface area (Å²) in [7, 11) is 0. The number of hydrogen-bond acceptors (Lipinski definition) is 5. The molecule has 2 heterocycles. The van der Waals surface area contributed by atoms with Gasteiger partial charge in [0.05, 0.1) is 23.5 Å². The van der Waals surface area contributed by atoms with Crippen molar-refractivity contribution >= 4 is 17.4 Å². The first-order valence-electron chi connectivity index (χ1n) is 11.8. The number of benzene rings is 2. The zero-order chi connectivity index (χ0) is 23.9. The first-order chi connectivity index (χ1) is 16.5. The van der Waals surface area contributed by atoms with Crippen LogP contribution in [0.15, 0.2) is 72.9 Å². The van der Waals surface area contributed by atoms with Crippen LogP contribution in [0.1, 0.15) is 48.9 Å². The summed E-state index contributed by atoms with van der Waals surface area (Å²) in [5.41, 5.74) is 3.75. The molecule has 3 atom stereocenters. The Morgan fingerprint density at radius 1 is 1.12 bits per heavy atom. The fraction of sp³-hybridized carbons (Fsp3) is 0.321. The summed E-state index contributed by atoms with van der Waals surface area (Å²) in [6.07, 6.45) is 3.04. The molecule has 1 aromatic heterocycles. The highest BCUT2D eigenvalue weighted by Crippen LogP contribution is 2.24. The zero-order valence-electron chi connectivity index (χ0n) is 19.7. The van der Waals surface area contributed by atoms with Crippen molar-refractivity contribution in [1.82, 2.24) is 10.3 Å². The van der Waals surface area contributed by atoms with Crippen molar-refractivity contribution in [2.45, 2.75) is 32.2 Å². The fourth-order valence-corrected chi connectivity index (χ4v) is 4.32. The minimum atomic E-state index is -0.511. The summed E-state index contributed by atoms with van der Waals surface area (Å²) in [6.45, 7) is 7.07. The van der Waals surface area contributed by atoms with Crippen molar-refractivity contribution in [3.8, 4) is 6.07 Å². The number of nitriles is 1. The van der Waals surface area contributed by atoms with E-state index in [1.54, 1.807) is 0 Å². The first kappa shape index (κ1) is 23.5. The van der Waals surface area contributed by atoms with Gasteiger partial charge in [-0.25, -0.2) is 4.98 Å². The number of anilines is 2. The van der Waals surface area contributed by atoms with E-state index in [0.29, 0.717) is 23.8 Å². The lowest BCUT2D eigenvalue weighted by molar-refractivity contribution is -0.118. The molecule has 2 unspecified atom stereocenters. The van der Waals surface area contributed by atoms with Crippen molar-refractivity contribution in [2.75, 3.05) is 29.9 Å². The Morgan fingerprint density at radius 3 is 2.50 bits per heavy atom. The highest BCUT2D eigenvalue weighted by Gasteiger charge is 2.22. The average Bonchev–Trinajstić information content (AvgIpc) is 3.31. The van der Waals surface area contributed by atoms with Crippen molar-refractivity contribution < 1.29 is 4.79 Å². The second-order valence-corrected chi connectivity index (χ2v) is 9.12. The second kappa shape index (κ2) is 11.0. The largest absolute Gasteiger partial charge is 0.370 e. The van der Waals surface area contributed by atoms with Gasteiger partial charge < -0.3 is 15.5 Å². The van der Waals surface area contributed by atoms with Gasteiger partial charge in [-0.05, 0) is 53.6 Å². The average molecular weight is 454 g/mol. The molecule has 1 amide bonds. The van der Waals surface area contributed by atoms with Crippen LogP contribution in [0, 0.1) is 17.2 Å². The molecule has 0 bridgehead atoms. The Labute approximate surface area is 201 Å². The van der Waals surface area contributed by atoms with E-state index in [1.165, 1.54) is 6.42 Å².